The number of thiazole rings is 1. The van der Waals surface area contributed by atoms with Gasteiger partial charge in [0, 0.05) is 28.6 Å². The lowest BCUT2D eigenvalue weighted by Crippen LogP contribution is -2.31. The molecule has 6 heteroatoms. The van der Waals surface area contributed by atoms with Crippen LogP contribution in [0.1, 0.15) is 62.6 Å². The number of aromatic nitrogens is 1. The molecule has 0 spiro atoms. The van der Waals surface area contributed by atoms with Crippen molar-refractivity contribution >= 4 is 28.0 Å². The fourth-order valence-corrected chi connectivity index (χ4v) is 4.73. The summed E-state index contributed by atoms with van der Waals surface area (Å²) >= 11 is 1.69. The van der Waals surface area contributed by atoms with E-state index in [-0.39, 0.29) is 11.7 Å². The second-order valence-corrected chi connectivity index (χ2v) is 8.79. The number of hydrogen-bond donors (Lipinski definition) is 1. The van der Waals surface area contributed by atoms with Crippen LogP contribution in [0.5, 0.6) is 0 Å². The number of carbonyl (C=O) groups is 1. The maximum absolute atomic E-state index is 12.1. The summed E-state index contributed by atoms with van der Waals surface area (Å²) in [6.07, 6.45) is 6.38. The first-order chi connectivity index (χ1) is 10.5. The van der Waals surface area contributed by atoms with E-state index < -0.39 is 10.8 Å². The Morgan fingerprint density at radius 3 is 2.82 bits per heavy atom. The third-order valence-corrected chi connectivity index (χ3v) is 6.09. The molecule has 4 nitrogen and oxygen atoms in total. The van der Waals surface area contributed by atoms with Crippen LogP contribution in [0.4, 0.5) is 0 Å². The van der Waals surface area contributed by atoms with Gasteiger partial charge in [0.1, 0.15) is 5.75 Å². The molecule has 0 saturated heterocycles. The van der Waals surface area contributed by atoms with Crippen molar-refractivity contribution in [2.24, 2.45) is 5.92 Å². The lowest BCUT2D eigenvalue weighted by Gasteiger charge is -2.18. The van der Waals surface area contributed by atoms with Gasteiger partial charge in [-0.25, -0.2) is 4.98 Å². The van der Waals surface area contributed by atoms with Gasteiger partial charge in [0.15, 0.2) is 0 Å². The minimum atomic E-state index is -1.18. The molecule has 1 aromatic heterocycles. The number of nitrogens with zero attached hydrogens (tertiary/aromatic N) is 1. The molecule has 0 unspecified atom stereocenters. The monoisotopic (exact) mass is 342 g/mol. The van der Waals surface area contributed by atoms with Crippen molar-refractivity contribution in [3.8, 4) is 0 Å². The minimum absolute atomic E-state index is 0.0724. The van der Waals surface area contributed by atoms with Crippen LogP contribution in [0, 0.1) is 5.92 Å². The lowest BCUT2D eigenvalue weighted by atomic mass is 9.90. The Labute approximate surface area is 139 Å². The highest BCUT2D eigenvalue weighted by atomic mass is 32.2. The third-order valence-electron chi connectivity index (χ3n) is 3.83. The van der Waals surface area contributed by atoms with Crippen molar-refractivity contribution in [3.05, 3.63) is 16.1 Å². The van der Waals surface area contributed by atoms with E-state index in [2.05, 4.69) is 10.3 Å². The third kappa shape index (κ3) is 5.80. The maximum Gasteiger partial charge on any atom is 0.232 e. The second-order valence-electron chi connectivity index (χ2n) is 6.44. The number of rotatable bonds is 7. The van der Waals surface area contributed by atoms with Gasteiger partial charge in [0.25, 0.3) is 0 Å². The molecule has 124 valence electrons. The van der Waals surface area contributed by atoms with Gasteiger partial charge in [-0.2, -0.15) is 0 Å². The minimum Gasteiger partial charge on any atom is -0.355 e. The van der Waals surface area contributed by atoms with E-state index in [9.17, 15) is 9.00 Å². The fraction of sp³-hybridized carbons (Fsp3) is 0.750. The largest absolute Gasteiger partial charge is 0.355 e. The SMILES string of the molecule is CC(C)CNC(=O)C[S@](=O)Cc1csc(C2CCCCC2)n1. The molecule has 1 aliphatic carbocycles. The van der Waals surface area contributed by atoms with Gasteiger partial charge in [-0.15, -0.1) is 11.3 Å². The molecule has 1 atom stereocenters. The van der Waals surface area contributed by atoms with E-state index in [4.69, 9.17) is 0 Å². The second kappa shape index (κ2) is 8.77. The maximum atomic E-state index is 12.1. The number of amides is 1. The van der Waals surface area contributed by atoms with Gasteiger partial charge in [-0.1, -0.05) is 33.1 Å². The van der Waals surface area contributed by atoms with Crippen LogP contribution in [0.25, 0.3) is 0 Å². The van der Waals surface area contributed by atoms with Crippen molar-refractivity contribution in [1.29, 1.82) is 0 Å². The van der Waals surface area contributed by atoms with Crippen LogP contribution in [0.2, 0.25) is 0 Å². The summed E-state index contributed by atoms with van der Waals surface area (Å²) in [4.78, 5) is 16.3. The highest BCUT2D eigenvalue weighted by molar-refractivity contribution is 7.84. The predicted octanol–water partition coefficient (Wildman–Crippen LogP) is 3.21. The van der Waals surface area contributed by atoms with Crippen LogP contribution in [0.15, 0.2) is 5.38 Å². The molecule has 1 N–H and O–H groups in total. The summed E-state index contributed by atoms with van der Waals surface area (Å²) in [7, 11) is -1.18. The normalized spacial score (nSPS) is 17.6. The Kier molecular flexibility index (Phi) is 7.02. The molecule has 1 fully saturated rings. The molecule has 0 aliphatic heterocycles. The standard InChI is InChI=1S/C16H26N2O2S2/c1-12(2)8-17-15(19)11-22(20)10-14-9-21-16(18-14)13-6-4-3-5-7-13/h9,12-13H,3-8,10-11H2,1-2H3,(H,17,19)/t22-/m1/s1. The molecule has 1 saturated carbocycles. The Morgan fingerprint density at radius 2 is 2.14 bits per heavy atom. The van der Waals surface area contributed by atoms with Crippen LogP contribution in [-0.4, -0.2) is 27.4 Å². The molecular weight excluding hydrogens is 316 g/mol. The van der Waals surface area contributed by atoms with Crippen LogP contribution >= 0.6 is 11.3 Å². The average Bonchev–Trinajstić information content (AvgIpc) is 2.94. The molecule has 0 aromatic carbocycles. The van der Waals surface area contributed by atoms with E-state index in [1.165, 1.54) is 37.1 Å². The number of hydrogen-bond acceptors (Lipinski definition) is 4. The molecular formula is C16H26N2O2S2. The first-order valence-electron chi connectivity index (χ1n) is 8.10. The Morgan fingerprint density at radius 1 is 1.41 bits per heavy atom. The molecule has 0 radical (unpaired) electrons. The topological polar surface area (TPSA) is 59.1 Å². The highest BCUT2D eigenvalue weighted by Gasteiger charge is 2.19. The van der Waals surface area contributed by atoms with E-state index >= 15 is 0 Å². The molecule has 0 bridgehead atoms. The smallest absolute Gasteiger partial charge is 0.232 e. The van der Waals surface area contributed by atoms with Crippen LogP contribution < -0.4 is 5.32 Å². The number of nitrogens with one attached hydrogen (secondary N) is 1. The number of carbonyl (C=O) groups excluding carboxylic acids is 1. The first kappa shape index (κ1) is 17.6. The van der Waals surface area contributed by atoms with Crippen molar-refractivity contribution in [1.82, 2.24) is 10.3 Å². The lowest BCUT2D eigenvalue weighted by molar-refractivity contribution is -0.118. The van der Waals surface area contributed by atoms with E-state index in [1.807, 2.05) is 19.2 Å². The van der Waals surface area contributed by atoms with Crippen molar-refractivity contribution < 1.29 is 9.00 Å². The summed E-state index contributed by atoms with van der Waals surface area (Å²) in [5, 5.41) is 6.00. The first-order valence-corrected chi connectivity index (χ1v) is 10.5. The summed E-state index contributed by atoms with van der Waals surface area (Å²) < 4.78 is 12.1. The van der Waals surface area contributed by atoms with Crippen molar-refractivity contribution in [3.63, 3.8) is 0 Å². The molecule has 1 aromatic rings. The Bertz CT molecular complexity index is 508. The van der Waals surface area contributed by atoms with Gasteiger partial charge in [-0.05, 0) is 18.8 Å². The van der Waals surface area contributed by atoms with Gasteiger partial charge < -0.3 is 5.32 Å². The van der Waals surface area contributed by atoms with Crippen LogP contribution in [0.3, 0.4) is 0 Å². The molecule has 1 aliphatic rings. The Hall–Kier alpha value is -0.750. The fourth-order valence-electron chi connectivity index (χ4n) is 2.66. The zero-order valence-electron chi connectivity index (χ0n) is 13.5. The summed E-state index contributed by atoms with van der Waals surface area (Å²) in [6.45, 7) is 4.72. The van der Waals surface area contributed by atoms with Gasteiger partial charge >= 0.3 is 0 Å². The molecule has 1 amide bonds. The van der Waals surface area contributed by atoms with Gasteiger partial charge in [0.2, 0.25) is 5.91 Å². The zero-order chi connectivity index (χ0) is 15.9. The quantitative estimate of drug-likeness (QED) is 0.828. The van der Waals surface area contributed by atoms with Crippen LogP contribution in [-0.2, 0) is 21.3 Å². The van der Waals surface area contributed by atoms with E-state index in [1.54, 1.807) is 11.3 Å². The van der Waals surface area contributed by atoms with Gasteiger partial charge in [0.05, 0.1) is 16.5 Å². The zero-order valence-corrected chi connectivity index (χ0v) is 15.1. The molecule has 22 heavy (non-hydrogen) atoms. The average molecular weight is 343 g/mol. The van der Waals surface area contributed by atoms with E-state index in [0.29, 0.717) is 24.1 Å². The highest BCUT2D eigenvalue weighted by Crippen LogP contribution is 2.34. The summed E-state index contributed by atoms with van der Waals surface area (Å²) in [5.41, 5.74) is 0.876. The summed E-state index contributed by atoms with van der Waals surface area (Å²) in [5.74, 6) is 1.33. The van der Waals surface area contributed by atoms with Crippen molar-refractivity contribution in [2.75, 3.05) is 12.3 Å². The molecule has 2 rings (SSSR count). The Balaban J connectivity index is 1.79. The van der Waals surface area contributed by atoms with Gasteiger partial charge in [-0.3, -0.25) is 9.00 Å². The summed E-state index contributed by atoms with van der Waals surface area (Å²) in [6, 6.07) is 0. The molecule has 1 heterocycles. The predicted molar refractivity (Wildman–Crippen MR) is 92.5 cm³/mol. The van der Waals surface area contributed by atoms with Crippen molar-refractivity contribution in [2.45, 2.75) is 57.6 Å². The van der Waals surface area contributed by atoms with E-state index in [0.717, 1.165) is 5.69 Å².